The zero-order valence-electron chi connectivity index (χ0n) is 13.9. The molecule has 8 heteroatoms. The van der Waals surface area contributed by atoms with Crippen molar-refractivity contribution in [2.45, 2.75) is 0 Å². The lowest BCUT2D eigenvalue weighted by molar-refractivity contribution is 0.102. The third-order valence-corrected chi connectivity index (χ3v) is 4.25. The number of carbonyl (C=O) groups is 1. The molecule has 0 radical (unpaired) electrons. The summed E-state index contributed by atoms with van der Waals surface area (Å²) in [6.07, 6.45) is 3.59. The molecule has 0 spiro atoms. The van der Waals surface area contributed by atoms with Gasteiger partial charge in [0.1, 0.15) is 23.1 Å². The Hall–Kier alpha value is -2.71. The standard InChI is InChI=1S/C17H18N4O3S/c1-21-10-12(9-18-21)17-20-15(11-25-17)16(22)19-13-3-5-14(6-4-13)24-8-7-23-2/h3-6,9-11H,7-8H2,1-2H3,(H,19,22). The molecule has 3 aromatic rings. The number of nitrogens with zero attached hydrogens (tertiary/aromatic N) is 3. The second kappa shape index (κ2) is 7.91. The summed E-state index contributed by atoms with van der Waals surface area (Å²) in [5, 5.41) is 9.44. The zero-order valence-corrected chi connectivity index (χ0v) is 14.7. The molecule has 0 aliphatic rings. The number of rotatable bonds is 7. The number of amides is 1. The number of benzene rings is 1. The average Bonchev–Trinajstić information content (AvgIpc) is 3.25. The normalized spacial score (nSPS) is 10.6. The van der Waals surface area contributed by atoms with E-state index in [0.717, 1.165) is 16.3 Å². The maximum absolute atomic E-state index is 12.3. The minimum atomic E-state index is -0.251. The van der Waals surface area contributed by atoms with E-state index in [-0.39, 0.29) is 5.91 Å². The minimum Gasteiger partial charge on any atom is -0.491 e. The SMILES string of the molecule is COCCOc1ccc(NC(=O)c2csc(-c3cnn(C)c3)n2)cc1. The van der Waals surface area contributed by atoms with Crippen molar-refractivity contribution in [3.8, 4) is 16.3 Å². The summed E-state index contributed by atoms with van der Waals surface area (Å²) in [5.41, 5.74) is 1.95. The maximum atomic E-state index is 12.3. The summed E-state index contributed by atoms with van der Waals surface area (Å²) in [4.78, 5) is 16.7. The van der Waals surface area contributed by atoms with Crippen molar-refractivity contribution in [1.82, 2.24) is 14.8 Å². The van der Waals surface area contributed by atoms with E-state index in [1.807, 2.05) is 13.2 Å². The van der Waals surface area contributed by atoms with E-state index >= 15 is 0 Å². The van der Waals surface area contributed by atoms with Gasteiger partial charge >= 0.3 is 0 Å². The van der Waals surface area contributed by atoms with Gasteiger partial charge in [-0.05, 0) is 24.3 Å². The van der Waals surface area contributed by atoms with Crippen molar-refractivity contribution in [1.29, 1.82) is 0 Å². The van der Waals surface area contributed by atoms with Crippen LogP contribution in [0.1, 0.15) is 10.5 Å². The molecule has 1 amide bonds. The maximum Gasteiger partial charge on any atom is 0.275 e. The third-order valence-electron chi connectivity index (χ3n) is 3.36. The molecular weight excluding hydrogens is 340 g/mol. The molecular formula is C17H18N4O3S. The van der Waals surface area contributed by atoms with E-state index in [1.54, 1.807) is 47.6 Å². The summed E-state index contributed by atoms with van der Waals surface area (Å²) in [6, 6.07) is 7.17. The van der Waals surface area contributed by atoms with Gasteiger partial charge in [-0.15, -0.1) is 11.3 Å². The number of aromatic nitrogens is 3. The van der Waals surface area contributed by atoms with Crippen molar-refractivity contribution in [2.75, 3.05) is 25.6 Å². The predicted molar refractivity (Wildman–Crippen MR) is 96.1 cm³/mol. The minimum absolute atomic E-state index is 0.251. The number of hydrogen-bond acceptors (Lipinski definition) is 6. The lowest BCUT2D eigenvalue weighted by Crippen LogP contribution is -2.12. The van der Waals surface area contributed by atoms with E-state index in [9.17, 15) is 4.79 Å². The molecule has 2 aromatic heterocycles. The number of methoxy groups -OCH3 is 1. The summed E-state index contributed by atoms with van der Waals surface area (Å²) in [6.45, 7) is 1.01. The van der Waals surface area contributed by atoms with Gasteiger partial charge in [0.25, 0.3) is 5.91 Å². The molecule has 0 bridgehead atoms. The highest BCUT2D eigenvalue weighted by atomic mass is 32.1. The molecule has 130 valence electrons. The molecule has 2 heterocycles. The molecule has 7 nitrogen and oxygen atoms in total. The molecule has 0 aliphatic heterocycles. The van der Waals surface area contributed by atoms with Crippen molar-refractivity contribution >= 4 is 22.9 Å². The first-order chi connectivity index (χ1) is 12.2. The van der Waals surface area contributed by atoms with Crippen LogP contribution < -0.4 is 10.1 Å². The topological polar surface area (TPSA) is 78.3 Å². The second-order valence-corrected chi connectivity index (χ2v) is 6.12. The molecule has 0 atom stereocenters. The van der Waals surface area contributed by atoms with Gasteiger partial charge in [0.2, 0.25) is 0 Å². The van der Waals surface area contributed by atoms with Crippen LogP contribution in [-0.2, 0) is 11.8 Å². The highest BCUT2D eigenvalue weighted by Gasteiger charge is 2.13. The average molecular weight is 358 g/mol. The van der Waals surface area contributed by atoms with E-state index < -0.39 is 0 Å². The molecule has 1 aromatic carbocycles. The quantitative estimate of drug-likeness (QED) is 0.657. The van der Waals surface area contributed by atoms with Crippen molar-refractivity contribution in [3.63, 3.8) is 0 Å². The first-order valence-electron chi connectivity index (χ1n) is 7.63. The van der Waals surface area contributed by atoms with Crippen LogP contribution in [0.5, 0.6) is 5.75 Å². The van der Waals surface area contributed by atoms with E-state index in [4.69, 9.17) is 9.47 Å². The van der Waals surface area contributed by atoms with Crippen LogP contribution >= 0.6 is 11.3 Å². The lowest BCUT2D eigenvalue weighted by Gasteiger charge is -2.07. The second-order valence-electron chi connectivity index (χ2n) is 5.26. The first kappa shape index (κ1) is 17.1. The Morgan fingerprint density at radius 2 is 2.08 bits per heavy atom. The smallest absolute Gasteiger partial charge is 0.275 e. The van der Waals surface area contributed by atoms with Crippen LogP contribution in [0.15, 0.2) is 42.0 Å². The Labute approximate surface area is 149 Å². The largest absolute Gasteiger partial charge is 0.491 e. The van der Waals surface area contributed by atoms with Gasteiger partial charge in [-0.1, -0.05) is 0 Å². The Bertz CT molecular complexity index is 842. The van der Waals surface area contributed by atoms with Crippen molar-refractivity contribution < 1.29 is 14.3 Å². The van der Waals surface area contributed by atoms with Crippen LogP contribution in [0.4, 0.5) is 5.69 Å². The summed E-state index contributed by atoms with van der Waals surface area (Å²) in [5.74, 6) is 0.474. The Morgan fingerprint density at radius 1 is 1.28 bits per heavy atom. The van der Waals surface area contributed by atoms with Crippen LogP contribution in [0.3, 0.4) is 0 Å². The number of anilines is 1. The molecule has 0 unspecified atom stereocenters. The fraction of sp³-hybridized carbons (Fsp3) is 0.235. The van der Waals surface area contributed by atoms with Crippen molar-refractivity contribution in [2.24, 2.45) is 7.05 Å². The monoisotopic (exact) mass is 358 g/mol. The fourth-order valence-electron chi connectivity index (χ4n) is 2.11. The molecule has 3 rings (SSSR count). The zero-order chi connectivity index (χ0) is 17.6. The molecule has 1 N–H and O–H groups in total. The highest BCUT2D eigenvalue weighted by Crippen LogP contribution is 2.23. The van der Waals surface area contributed by atoms with E-state index in [2.05, 4.69) is 15.4 Å². The van der Waals surface area contributed by atoms with Gasteiger partial charge in [0.05, 0.1) is 12.8 Å². The number of nitrogens with one attached hydrogen (secondary N) is 1. The third kappa shape index (κ3) is 4.43. The van der Waals surface area contributed by atoms with Gasteiger partial charge in [0.15, 0.2) is 0 Å². The Balaban J connectivity index is 1.61. The van der Waals surface area contributed by atoms with Crippen LogP contribution in [0.2, 0.25) is 0 Å². The number of ether oxygens (including phenoxy) is 2. The van der Waals surface area contributed by atoms with E-state index in [0.29, 0.717) is 24.6 Å². The predicted octanol–water partition coefficient (Wildman–Crippen LogP) is 2.82. The van der Waals surface area contributed by atoms with Crippen LogP contribution in [0.25, 0.3) is 10.6 Å². The highest BCUT2D eigenvalue weighted by molar-refractivity contribution is 7.13. The van der Waals surface area contributed by atoms with Gasteiger partial charge in [-0.25, -0.2) is 4.98 Å². The Morgan fingerprint density at radius 3 is 2.76 bits per heavy atom. The Kier molecular flexibility index (Phi) is 5.42. The first-order valence-corrected chi connectivity index (χ1v) is 8.51. The van der Waals surface area contributed by atoms with Gasteiger partial charge in [0, 0.05) is 37.0 Å². The molecule has 25 heavy (non-hydrogen) atoms. The molecule has 0 saturated carbocycles. The summed E-state index contributed by atoms with van der Waals surface area (Å²) >= 11 is 1.41. The fourth-order valence-corrected chi connectivity index (χ4v) is 2.89. The lowest BCUT2D eigenvalue weighted by atomic mass is 10.3. The van der Waals surface area contributed by atoms with Crippen LogP contribution in [0, 0.1) is 0 Å². The van der Waals surface area contributed by atoms with Gasteiger partial charge in [-0.2, -0.15) is 5.10 Å². The van der Waals surface area contributed by atoms with E-state index in [1.165, 1.54) is 11.3 Å². The molecule has 0 saturated heterocycles. The molecule has 0 fully saturated rings. The number of hydrogen-bond donors (Lipinski definition) is 1. The number of aryl methyl sites for hydroxylation is 1. The number of thiazole rings is 1. The van der Waals surface area contributed by atoms with Gasteiger partial charge < -0.3 is 14.8 Å². The number of carbonyl (C=O) groups excluding carboxylic acids is 1. The molecule has 0 aliphatic carbocycles. The summed E-state index contributed by atoms with van der Waals surface area (Å²) < 4.78 is 12.1. The van der Waals surface area contributed by atoms with Crippen LogP contribution in [-0.4, -0.2) is 41.0 Å². The van der Waals surface area contributed by atoms with Crippen molar-refractivity contribution in [3.05, 3.63) is 47.7 Å². The summed E-state index contributed by atoms with van der Waals surface area (Å²) in [7, 11) is 3.47. The van der Waals surface area contributed by atoms with Gasteiger partial charge in [-0.3, -0.25) is 9.48 Å².